The Morgan fingerprint density at radius 3 is 1.88 bits per heavy atom. The molecule has 1 unspecified atom stereocenters. The molecule has 0 saturated heterocycles. The number of halogens is 1. The highest BCUT2D eigenvalue weighted by atomic mass is 35.5. The Hall–Kier alpha value is -3.18. The average Bonchev–Trinajstić information content (AvgIpc) is 3.12. The van der Waals surface area contributed by atoms with E-state index in [1.807, 2.05) is 92.6 Å². The lowest BCUT2D eigenvalue weighted by Gasteiger charge is -2.32. The van der Waals surface area contributed by atoms with Crippen LogP contribution < -0.4 is 14.7 Å². The van der Waals surface area contributed by atoms with E-state index in [0.717, 1.165) is 46.8 Å². The number of nitrogens with zero attached hydrogens (tertiary/aromatic N) is 3. The number of hydrogen-bond acceptors (Lipinski definition) is 5. The fourth-order valence-corrected chi connectivity index (χ4v) is 4.98. The van der Waals surface area contributed by atoms with Gasteiger partial charge in [0.05, 0.1) is 10.6 Å². The summed E-state index contributed by atoms with van der Waals surface area (Å²) in [4.78, 5) is 19.5. The molecular formula is C28H32ClN3O2. The van der Waals surface area contributed by atoms with Gasteiger partial charge >= 0.3 is 5.97 Å². The molecule has 5 nitrogen and oxygen atoms in total. The predicted octanol–water partition coefficient (Wildman–Crippen LogP) is 5.78. The van der Waals surface area contributed by atoms with Gasteiger partial charge in [-0.3, -0.25) is 0 Å². The molecule has 1 aliphatic heterocycles. The van der Waals surface area contributed by atoms with Crippen LogP contribution in [0.4, 0.5) is 17.1 Å². The van der Waals surface area contributed by atoms with Crippen LogP contribution in [-0.4, -0.2) is 47.2 Å². The first-order valence-corrected chi connectivity index (χ1v) is 12.0. The van der Waals surface area contributed by atoms with E-state index in [1.165, 1.54) is 0 Å². The Kier molecular flexibility index (Phi) is 6.50. The summed E-state index contributed by atoms with van der Waals surface area (Å²) in [5, 5.41) is 0.568. The molecule has 3 aromatic carbocycles. The third-order valence-corrected chi connectivity index (χ3v) is 6.93. The van der Waals surface area contributed by atoms with Gasteiger partial charge in [-0.2, -0.15) is 0 Å². The first kappa shape index (κ1) is 24.0. The Labute approximate surface area is 207 Å². The van der Waals surface area contributed by atoms with Crippen molar-refractivity contribution < 1.29 is 9.53 Å². The van der Waals surface area contributed by atoms with E-state index in [9.17, 15) is 4.79 Å². The molecule has 0 N–H and O–H groups in total. The van der Waals surface area contributed by atoms with Crippen molar-refractivity contribution in [2.24, 2.45) is 0 Å². The molecule has 0 spiro atoms. The summed E-state index contributed by atoms with van der Waals surface area (Å²) in [7, 11) is 7.92. The lowest BCUT2D eigenvalue weighted by Crippen LogP contribution is -2.30. The molecule has 0 aliphatic carbocycles. The number of esters is 1. The average molecular weight is 478 g/mol. The van der Waals surface area contributed by atoms with Crippen LogP contribution in [0.3, 0.4) is 0 Å². The standard InChI is InChI=1S/C28H32ClN3O2/c1-7-32(8-2)22-14-16-25(26(29)18-22)28(19-9-11-20(12-10-19)30(3)4)24-15-13-21(31(5)6)17-23(24)27(33)34-28/h9-18H,7-8H2,1-6H3. The normalized spacial score (nSPS) is 16.7. The van der Waals surface area contributed by atoms with Crippen molar-refractivity contribution in [3.63, 3.8) is 0 Å². The molecule has 0 saturated carbocycles. The van der Waals surface area contributed by atoms with Gasteiger partial charge in [0.25, 0.3) is 0 Å². The largest absolute Gasteiger partial charge is 0.441 e. The minimum absolute atomic E-state index is 0.348. The summed E-state index contributed by atoms with van der Waals surface area (Å²) in [6, 6.07) is 20.0. The zero-order valence-electron chi connectivity index (χ0n) is 20.7. The molecule has 0 amide bonds. The summed E-state index contributed by atoms with van der Waals surface area (Å²) in [6.07, 6.45) is 0. The lowest BCUT2D eigenvalue weighted by atomic mass is 9.79. The molecule has 4 rings (SSSR count). The fourth-order valence-electron chi connectivity index (χ4n) is 4.67. The fraction of sp³-hybridized carbons (Fsp3) is 0.321. The lowest BCUT2D eigenvalue weighted by molar-refractivity contribution is 0.0252. The number of benzene rings is 3. The third-order valence-electron chi connectivity index (χ3n) is 6.62. The summed E-state index contributed by atoms with van der Waals surface area (Å²) < 4.78 is 6.29. The van der Waals surface area contributed by atoms with Crippen LogP contribution in [0.15, 0.2) is 60.7 Å². The minimum atomic E-state index is -1.12. The molecule has 0 radical (unpaired) electrons. The van der Waals surface area contributed by atoms with E-state index < -0.39 is 5.60 Å². The first-order valence-electron chi connectivity index (χ1n) is 11.6. The third kappa shape index (κ3) is 3.88. The van der Waals surface area contributed by atoms with Crippen molar-refractivity contribution in [2.75, 3.05) is 56.0 Å². The zero-order valence-corrected chi connectivity index (χ0v) is 21.5. The highest BCUT2D eigenvalue weighted by molar-refractivity contribution is 6.32. The second-order valence-electron chi connectivity index (χ2n) is 8.97. The van der Waals surface area contributed by atoms with Crippen LogP contribution >= 0.6 is 11.6 Å². The quantitative estimate of drug-likeness (QED) is 0.403. The molecule has 1 atom stereocenters. The van der Waals surface area contributed by atoms with Gasteiger partial charge in [-0.15, -0.1) is 0 Å². The van der Waals surface area contributed by atoms with Crippen LogP contribution in [0.1, 0.15) is 40.9 Å². The second-order valence-corrected chi connectivity index (χ2v) is 9.38. The van der Waals surface area contributed by atoms with Gasteiger partial charge < -0.3 is 19.4 Å². The van der Waals surface area contributed by atoms with Crippen molar-refractivity contribution in [1.82, 2.24) is 0 Å². The summed E-state index contributed by atoms with van der Waals surface area (Å²) in [5.74, 6) is -0.348. The van der Waals surface area contributed by atoms with Crippen LogP contribution in [0.2, 0.25) is 5.02 Å². The predicted molar refractivity (Wildman–Crippen MR) is 142 cm³/mol. The van der Waals surface area contributed by atoms with Crippen molar-refractivity contribution >= 4 is 34.6 Å². The second kappa shape index (κ2) is 9.22. The molecule has 178 valence electrons. The molecule has 0 aromatic heterocycles. The van der Waals surface area contributed by atoms with E-state index in [1.54, 1.807) is 0 Å². The first-order chi connectivity index (χ1) is 16.2. The summed E-state index contributed by atoms with van der Waals surface area (Å²) in [6.45, 7) is 6.01. The van der Waals surface area contributed by atoms with Gasteiger partial charge in [0, 0.05) is 75.0 Å². The van der Waals surface area contributed by atoms with Gasteiger partial charge in [0.2, 0.25) is 0 Å². The summed E-state index contributed by atoms with van der Waals surface area (Å²) in [5.41, 5.74) is 4.91. The van der Waals surface area contributed by atoms with Gasteiger partial charge in [0.15, 0.2) is 5.60 Å². The highest BCUT2D eigenvalue weighted by Crippen LogP contribution is 2.50. The smallest absolute Gasteiger partial charge is 0.340 e. The number of ether oxygens (including phenoxy) is 1. The Balaban J connectivity index is 1.96. The van der Waals surface area contributed by atoms with Crippen molar-refractivity contribution in [3.05, 3.63) is 87.9 Å². The molecule has 0 bridgehead atoms. The summed E-state index contributed by atoms with van der Waals surface area (Å²) >= 11 is 6.95. The van der Waals surface area contributed by atoms with E-state index in [0.29, 0.717) is 10.6 Å². The van der Waals surface area contributed by atoms with Gasteiger partial charge in [-0.05, 0) is 50.2 Å². The van der Waals surface area contributed by atoms with Crippen LogP contribution in [0.5, 0.6) is 0 Å². The van der Waals surface area contributed by atoms with Gasteiger partial charge in [-0.1, -0.05) is 35.9 Å². The van der Waals surface area contributed by atoms with E-state index >= 15 is 0 Å². The van der Waals surface area contributed by atoms with E-state index in [4.69, 9.17) is 16.3 Å². The number of carbonyl (C=O) groups is 1. The highest BCUT2D eigenvalue weighted by Gasteiger charge is 2.49. The minimum Gasteiger partial charge on any atom is -0.441 e. The van der Waals surface area contributed by atoms with E-state index in [2.05, 4.69) is 24.8 Å². The van der Waals surface area contributed by atoms with Crippen LogP contribution in [0.25, 0.3) is 0 Å². The number of rotatable bonds is 7. The Morgan fingerprint density at radius 2 is 1.32 bits per heavy atom. The molecule has 3 aromatic rings. The molecular weight excluding hydrogens is 446 g/mol. The van der Waals surface area contributed by atoms with Crippen molar-refractivity contribution in [1.29, 1.82) is 0 Å². The van der Waals surface area contributed by atoms with Crippen molar-refractivity contribution in [2.45, 2.75) is 19.4 Å². The molecule has 6 heteroatoms. The number of fused-ring (bicyclic) bond motifs is 1. The Bertz CT molecular complexity index is 1200. The van der Waals surface area contributed by atoms with Gasteiger partial charge in [-0.25, -0.2) is 4.79 Å². The number of hydrogen-bond donors (Lipinski definition) is 0. The molecule has 0 fully saturated rings. The van der Waals surface area contributed by atoms with E-state index in [-0.39, 0.29) is 5.97 Å². The van der Waals surface area contributed by atoms with Crippen molar-refractivity contribution in [3.8, 4) is 0 Å². The Morgan fingerprint density at radius 1 is 0.765 bits per heavy atom. The number of anilines is 3. The molecule has 1 aliphatic rings. The van der Waals surface area contributed by atoms with Crippen LogP contribution in [-0.2, 0) is 10.3 Å². The number of cyclic esters (lactones) is 1. The monoisotopic (exact) mass is 477 g/mol. The van der Waals surface area contributed by atoms with Crippen LogP contribution in [0, 0.1) is 0 Å². The van der Waals surface area contributed by atoms with Gasteiger partial charge in [0.1, 0.15) is 0 Å². The maximum atomic E-state index is 13.3. The SMILES string of the molecule is CCN(CC)c1ccc(C2(c3ccc(N(C)C)cc3)OC(=O)c3cc(N(C)C)ccc32)c(Cl)c1. The molecule has 34 heavy (non-hydrogen) atoms. The molecule has 1 heterocycles. The maximum absolute atomic E-state index is 13.3. The zero-order chi connectivity index (χ0) is 24.6. The maximum Gasteiger partial charge on any atom is 0.340 e. The number of carbonyl (C=O) groups excluding carboxylic acids is 1. The topological polar surface area (TPSA) is 36.0 Å².